The summed E-state index contributed by atoms with van der Waals surface area (Å²) in [4.78, 5) is 0. The van der Waals surface area contributed by atoms with Crippen molar-refractivity contribution in [2.45, 2.75) is 58.2 Å². The Labute approximate surface area is 90.5 Å². The molecule has 0 aliphatic rings. The summed E-state index contributed by atoms with van der Waals surface area (Å²) >= 11 is 0. The molecule has 0 aliphatic carbocycles. The Hall–Kier alpha value is -0.263. The first-order valence-electron chi connectivity index (χ1n) is 5.68. The molecule has 0 fully saturated rings. The van der Waals surface area contributed by atoms with Crippen molar-refractivity contribution >= 4 is 8.07 Å². The predicted molar refractivity (Wildman–Crippen MR) is 66.6 cm³/mol. The van der Waals surface area contributed by atoms with Gasteiger partial charge in [-0.05, 0) is 16.6 Å². The molecular weight excluding hydrogens is 186 g/mol. The van der Waals surface area contributed by atoms with Gasteiger partial charge in [-0.25, -0.2) is 0 Å². The van der Waals surface area contributed by atoms with Crippen LogP contribution in [0.2, 0.25) is 16.6 Å². The van der Waals surface area contributed by atoms with Crippen molar-refractivity contribution in [2.75, 3.05) is 6.54 Å². The smallest absolute Gasteiger partial charge is 0.146 e. The van der Waals surface area contributed by atoms with Crippen molar-refractivity contribution in [1.82, 2.24) is 0 Å². The average molecular weight is 212 g/mol. The van der Waals surface area contributed by atoms with Crippen LogP contribution in [0.4, 0.5) is 0 Å². The van der Waals surface area contributed by atoms with Gasteiger partial charge in [0.2, 0.25) is 0 Å². The number of rotatable bonds is 3. The Morgan fingerprint density at radius 3 is 1.50 bits per heavy atom. The third-order valence-electron chi connectivity index (χ3n) is 3.30. The van der Waals surface area contributed by atoms with Crippen LogP contribution in [0.1, 0.15) is 41.5 Å². The fraction of sp³-hybridized carbons (Fsp3) is 0.833. The van der Waals surface area contributed by atoms with E-state index in [1.54, 1.807) is 0 Å². The maximum Gasteiger partial charge on any atom is 0.146 e. The molecule has 0 aromatic rings. The quantitative estimate of drug-likeness (QED) is 0.550. The lowest BCUT2D eigenvalue weighted by molar-refractivity contribution is -0.349. The lowest BCUT2D eigenvalue weighted by atomic mass is 10.5. The summed E-state index contributed by atoms with van der Waals surface area (Å²) in [5.41, 5.74) is 9.64. The van der Waals surface area contributed by atoms with Crippen LogP contribution in [0.25, 0.3) is 0 Å². The molecule has 0 radical (unpaired) electrons. The van der Waals surface area contributed by atoms with Crippen molar-refractivity contribution in [3.8, 4) is 11.5 Å². The number of quaternary nitrogens is 1. The van der Waals surface area contributed by atoms with Crippen LogP contribution >= 0.6 is 0 Å². The summed E-state index contributed by atoms with van der Waals surface area (Å²) in [7, 11) is -1.45. The van der Waals surface area contributed by atoms with Crippen molar-refractivity contribution in [2.24, 2.45) is 0 Å². The average Bonchev–Trinajstić information content (AvgIpc) is 2.03. The zero-order chi connectivity index (χ0) is 11.4. The topological polar surface area (TPSA) is 27.6 Å². The van der Waals surface area contributed by atoms with E-state index in [2.05, 4.69) is 58.7 Å². The van der Waals surface area contributed by atoms with Crippen LogP contribution in [0.5, 0.6) is 0 Å². The van der Waals surface area contributed by atoms with Crippen LogP contribution in [0, 0.1) is 11.5 Å². The second kappa shape index (κ2) is 5.58. The molecule has 0 aromatic heterocycles. The summed E-state index contributed by atoms with van der Waals surface area (Å²) in [6.07, 6.45) is 0. The molecule has 1 nitrogen and oxygen atoms in total. The second-order valence-electron chi connectivity index (χ2n) is 4.95. The zero-order valence-corrected chi connectivity index (χ0v) is 11.6. The molecule has 0 amide bonds. The first-order valence-corrected chi connectivity index (χ1v) is 7.92. The van der Waals surface area contributed by atoms with E-state index in [4.69, 9.17) is 0 Å². The van der Waals surface area contributed by atoms with Crippen molar-refractivity contribution in [1.29, 1.82) is 0 Å². The molecule has 0 bridgehead atoms. The molecular formula is C12H26NSi+. The molecule has 0 aromatic carbocycles. The summed E-state index contributed by atoms with van der Waals surface area (Å²) < 4.78 is 0. The van der Waals surface area contributed by atoms with E-state index in [1.807, 2.05) is 0 Å². The van der Waals surface area contributed by atoms with E-state index < -0.39 is 8.07 Å². The largest absolute Gasteiger partial charge is 0.347 e. The predicted octanol–water partition coefficient (Wildman–Crippen LogP) is 2.45. The summed E-state index contributed by atoms with van der Waals surface area (Å²) in [6.45, 7) is 14.8. The molecule has 0 spiro atoms. The Kier molecular flexibility index (Phi) is 5.47. The standard InChI is InChI=1S/C12H25NSi/c1-10(2)14(11(3)4,12(5)6)9-7-8-13/h10-12H,8,13H2,1-6H3/p+1. The van der Waals surface area contributed by atoms with Gasteiger partial charge in [0.15, 0.2) is 0 Å². The third kappa shape index (κ3) is 2.62. The highest BCUT2D eigenvalue weighted by Gasteiger charge is 2.41. The Morgan fingerprint density at radius 1 is 0.929 bits per heavy atom. The lowest BCUT2D eigenvalue weighted by Crippen LogP contribution is -2.50. The fourth-order valence-corrected chi connectivity index (χ4v) is 7.95. The van der Waals surface area contributed by atoms with Crippen molar-refractivity contribution in [3.63, 3.8) is 0 Å². The summed E-state index contributed by atoms with van der Waals surface area (Å²) in [6, 6.07) is 0. The minimum absolute atomic E-state index is 0.738. The van der Waals surface area contributed by atoms with Gasteiger partial charge in [0.1, 0.15) is 14.6 Å². The Morgan fingerprint density at radius 2 is 1.29 bits per heavy atom. The Balaban J connectivity index is 5.16. The SMILES string of the molecule is CC(C)[Si](C#CC[NH3+])(C(C)C)C(C)C. The van der Waals surface area contributed by atoms with E-state index in [-0.39, 0.29) is 0 Å². The van der Waals surface area contributed by atoms with Crippen LogP contribution in [0.15, 0.2) is 0 Å². The van der Waals surface area contributed by atoms with Crippen LogP contribution in [-0.4, -0.2) is 14.6 Å². The van der Waals surface area contributed by atoms with Gasteiger partial charge < -0.3 is 5.73 Å². The number of hydrogen-bond donors (Lipinski definition) is 1. The highest BCUT2D eigenvalue weighted by molar-refractivity contribution is 6.90. The van der Waals surface area contributed by atoms with E-state index >= 15 is 0 Å². The molecule has 0 saturated carbocycles. The van der Waals surface area contributed by atoms with Crippen molar-refractivity contribution < 1.29 is 5.73 Å². The summed E-state index contributed by atoms with van der Waals surface area (Å²) in [5.74, 6) is 3.23. The summed E-state index contributed by atoms with van der Waals surface area (Å²) in [5, 5.41) is 0. The minimum atomic E-state index is -1.45. The molecule has 14 heavy (non-hydrogen) atoms. The van der Waals surface area contributed by atoms with Crippen LogP contribution < -0.4 is 5.73 Å². The van der Waals surface area contributed by atoms with Gasteiger partial charge >= 0.3 is 0 Å². The van der Waals surface area contributed by atoms with E-state index in [9.17, 15) is 0 Å². The molecule has 0 aliphatic heterocycles. The molecule has 0 unspecified atom stereocenters. The first kappa shape index (κ1) is 13.7. The monoisotopic (exact) mass is 212 g/mol. The van der Waals surface area contributed by atoms with Gasteiger partial charge in [0.05, 0.1) is 0 Å². The highest BCUT2D eigenvalue weighted by atomic mass is 28.3. The first-order chi connectivity index (χ1) is 6.39. The van der Waals surface area contributed by atoms with Gasteiger partial charge in [0, 0.05) is 0 Å². The molecule has 0 atom stereocenters. The van der Waals surface area contributed by atoms with Gasteiger partial charge in [-0.15, -0.1) is 5.54 Å². The molecule has 0 heterocycles. The van der Waals surface area contributed by atoms with Gasteiger partial charge in [-0.3, -0.25) is 0 Å². The highest BCUT2D eigenvalue weighted by Crippen LogP contribution is 2.40. The van der Waals surface area contributed by atoms with Gasteiger partial charge in [-0.1, -0.05) is 47.5 Å². The Bertz CT molecular complexity index is 198. The number of hydrogen-bond acceptors (Lipinski definition) is 0. The van der Waals surface area contributed by atoms with Gasteiger partial charge in [-0.2, -0.15) is 0 Å². The molecule has 0 saturated heterocycles. The maximum absolute atomic E-state index is 3.82. The van der Waals surface area contributed by atoms with Crippen molar-refractivity contribution in [3.05, 3.63) is 0 Å². The minimum Gasteiger partial charge on any atom is -0.347 e. The van der Waals surface area contributed by atoms with E-state index in [1.165, 1.54) is 0 Å². The van der Waals surface area contributed by atoms with E-state index in [0.29, 0.717) is 0 Å². The molecule has 82 valence electrons. The van der Waals surface area contributed by atoms with Crippen LogP contribution in [0.3, 0.4) is 0 Å². The fourth-order valence-electron chi connectivity index (χ4n) is 2.65. The normalized spacial score (nSPS) is 12.1. The van der Waals surface area contributed by atoms with E-state index in [0.717, 1.165) is 23.2 Å². The van der Waals surface area contributed by atoms with Crippen LogP contribution in [-0.2, 0) is 0 Å². The zero-order valence-electron chi connectivity index (χ0n) is 10.6. The molecule has 2 heteroatoms. The molecule has 0 rings (SSSR count). The second-order valence-corrected chi connectivity index (χ2v) is 10.5. The molecule has 3 N–H and O–H groups in total. The lowest BCUT2D eigenvalue weighted by Gasteiger charge is -2.37. The maximum atomic E-state index is 3.82. The van der Waals surface area contributed by atoms with Gasteiger partial charge in [0.25, 0.3) is 0 Å². The third-order valence-corrected chi connectivity index (χ3v) is 9.64.